The number of aromatic nitrogens is 3. The number of nitrogens with zero attached hydrogens (tertiary/aromatic N) is 3. The second kappa shape index (κ2) is 4.82. The van der Waals surface area contributed by atoms with Crippen LogP contribution in [0.2, 0.25) is 5.02 Å². The average molecular weight is 272 g/mol. The molecule has 19 heavy (non-hydrogen) atoms. The van der Waals surface area contributed by atoms with Crippen molar-refractivity contribution in [3.8, 4) is 17.3 Å². The molecule has 3 rings (SSSR count). The first kappa shape index (κ1) is 11.9. The summed E-state index contributed by atoms with van der Waals surface area (Å²) >= 11 is 6.15. The first-order chi connectivity index (χ1) is 9.28. The second-order valence-electron chi connectivity index (χ2n) is 3.95. The third-order valence-electron chi connectivity index (χ3n) is 2.76. The van der Waals surface area contributed by atoms with Crippen LogP contribution < -0.4 is 4.74 Å². The lowest BCUT2D eigenvalue weighted by atomic mass is 10.2. The van der Waals surface area contributed by atoms with E-state index in [0.29, 0.717) is 22.3 Å². The van der Waals surface area contributed by atoms with E-state index in [1.165, 1.54) is 0 Å². The number of benzene rings is 1. The lowest BCUT2D eigenvalue weighted by molar-refractivity contribution is 0.396. The number of hydrogen-bond acceptors (Lipinski definition) is 4. The molecule has 0 aliphatic rings. The van der Waals surface area contributed by atoms with Gasteiger partial charge < -0.3 is 4.74 Å². The molecule has 0 bridgehead atoms. The molecule has 2 aromatic heterocycles. The molecule has 0 saturated carbocycles. The normalized spacial score (nSPS) is 10.6. The van der Waals surface area contributed by atoms with E-state index in [9.17, 15) is 0 Å². The highest BCUT2D eigenvalue weighted by Gasteiger charge is 2.06. The number of rotatable bonds is 2. The number of pyridine rings is 1. The number of halogens is 1. The van der Waals surface area contributed by atoms with Gasteiger partial charge in [-0.1, -0.05) is 29.8 Å². The van der Waals surface area contributed by atoms with Gasteiger partial charge >= 0.3 is 0 Å². The smallest absolute Gasteiger partial charge is 0.232 e. The van der Waals surface area contributed by atoms with E-state index in [1.54, 1.807) is 19.5 Å². The van der Waals surface area contributed by atoms with Crippen LogP contribution in [0.4, 0.5) is 0 Å². The zero-order chi connectivity index (χ0) is 13.2. The van der Waals surface area contributed by atoms with E-state index in [4.69, 9.17) is 16.3 Å². The maximum Gasteiger partial charge on any atom is 0.232 e. The number of fused-ring (bicyclic) bond motifs is 1. The van der Waals surface area contributed by atoms with Crippen molar-refractivity contribution >= 4 is 22.5 Å². The van der Waals surface area contributed by atoms with Crippen molar-refractivity contribution in [1.82, 2.24) is 15.0 Å². The van der Waals surface area contributed by atoms with Crippen LogP contribution in [-0.4, -0.2) is 22.1 Å². The predicted octanol–water partition coefficient (Wildman–Crippen LogP) is 3.35. The van der Waals surface area contributed by atoms with Gasteiger partial charge in [0, 0.05) is 5.39 Å². The first-order valence-electron chi connectivity index (χ1n) is 5.69. The lowest BCUT2D eigenvalue weighted by Gasteiger charge is -2.05. The summed E-state index contributed by atoms with van der Waals surface area (Å²) in [6, 6.07) is 9.54. The molecular weight excluding hydrogens is 262 g/mol. The number of methoxy groups -OCH3 is 1. The molecular formula is C14H10ClN3O. The lowest BCUT2D eigenvalue weighted by Crippen LogP contribution is -1.93. The fourth-order valence-corrected chi connectivity index (χ4v) is 2.05. The van der Waals surface area contributed by atoms with Gasteiger partial charge in [0.15, 0.2) is 0 Å². The van der Waals surface area contributed by atoms with E-state index in [2.05, 4.69) is 15.0 Å². The van der Waals surface area contributed by atoms with Crippen LogP contribution in [0.5, 0.6) is 5.88 Å². The molecule has 4 nitrogen and oxygen atoms in total. The Morgan fingerprint density at radius 3 is 2.74 bits per heavy atom. The maximum atomic E-state index is 6.15. The molecule has 0 aliphatic heterocycles. The Balaban J connectivity index is 2.17. The topological polar surface area (TPSA) is 47.9 Å². The highest BCUT2D eigenvalue weighted by molar-refractivity contribution is 6.35. The van der Waals surface area contributed by atoms with Crippen LogP contribution in [0.3, 0.4) is 0 Å². The van der Waals surface area contributed by atoms with Gasteiger partial charge in [-0.25, -0.2) is 9.97 Å². The molecule has 0 saturated heterocycles. The minimum absolute atomic E-state index is 0.457. The summed E-state index contributed by atoms with van der Waals surface area (Å²) in [6.07, 6.45) is 3.20. The van der Waals surface area contributed by atoms with Crippen molar-refractivity contribution in [3.63, 3.8) is 0 Å². The fourth-order valence-electron chi connectivity index (χ4n) is 1.82. The van der Waals surface area contributed by atoms with Crippen LogP contribution >= 0.6 is 11.6 Å². The molecule has 94 valence electrons. The van der Waals surface area contributed by atoms with Gasteiger partial charge in [0.05, 0.1) is 35.7 Å². The monoisotopic (exact) mass is 271 g/mol. The third-order valence-corrected chi connectivity index (χ3v) is 3.06. The summed E-state index contributed by atoms with van der Waals surface area (Å²) in [5.74, 6) is 0.457. The maximum absolute atomic E-state index is 6.15. The van der Waals surface area contributed by atoms with Crippen LogP contribution in [0.15, 0.2) is 42.7 Å². The summed E-state index contributed by atoms with van der Waals surface area (Å²) in [4.78, 5) is 12.9. The van der Waals surface area contributed by atoms with Crippen molar-refractivity contribution in [1.29, 1.82) is 0 Å². The van der Waals surface area contributed by atoms with Crippen molar-refractivity contribution < 1.29 is 4.74 Å². The van der Waals surface area contributed by atoms with Crippen LogP contribution in [0.1, 0.15) is 0 Å². The Bertz CT molecular complexity index is 746. The summed E-state index contributed by atoms with van der Waals surface area (Å²) in [5.41, 5.74) is 2.12. The summed E-state index contributed by atoms with van der Waals surface area (Å²) in [7, 11) is 1.55. The average Bonchev–Trinajstić information content (AvgIpc) is 2.47. The van der Waals surface area contributed by atoms with E-state index in [1.807, 2.05) is 30.3 Å². The Labute approximate surface area is 115 Å². The van der Waals surface area contributed by atoms with Crippen LogP contribution in [-0.2, 0) is 0 Å². The highest BCUT2D eigenvalue weighted by Crippen LogP contribution is 2.25. The van der Waals surface area contributed by atoms with Crippen LogP contribution in [0.25, 0.3) is 22.3 Å². The molecule has 0 aliphatic carbocycles. The van der Waals surface area contributed by atoms with Gasteiger partial charge in [-0.2, -0.15) is 0 Å². The molecule has 0 fully saturated rings. The molecule has 3 aromatic rings. The minimum atomic E-state index is 0.457. The molecule has 0 atom stereocenters. The largest absolute Gasteiger partial charge is 0.480 e. The summed E-state index contributed by atoms with van der Waals surface area (Å²) in [5, 5.41) is 1.61. The van der Waals surface area contributed by atoms with Gasteiger partial charge in [-0.15, -0.1) is 0 Å². The number of para-hydroxylation sites is 1. The van der Waals surface area contributed by atoms with E-state index in [0.717, 1.165) is 10.9 Å². The molecule has 0 radical (unpaired) electrons. The summed E-state index contributed by atoms with van der Waals surface area (Å²) < 4.78 is 5.06. The van der Waals surface area contributed by atoms with Gasteiger partial charge in [0.1, 0.15) is 5.69 Å². The minimum Gasteiger partial charge on any atom is -0.480 e. The van der Waals surface area contributed by atoms with Crippen LogP contribution in [0, 0.1) is 0 Å². The first-order valence-corrected chi connectivity index (χ1v) is 6.07. The Kier molecular flexibility index (Phi) is 3.01. The molecule has 0 unspecified atom stereocenters. The summed E-state index contributed by atoms with van der Waals surface area (Å²) in [6.45, 7) is 0. The molecule has 5 heteroatoms. The van der Waals surface area contributed by atoms with Gasteiger partial charge in [0.25, 0.3) is 0 Å². The molecule has 0 amide bonds. The fraction of sp³-hybridized carbons (Fsp3) is 0.0714. The van der Waals surface area contributed by atoms with Gasteiger partial charge in [-0.3, -0.25) is 4.98 Å². The van der Waals surface area contributed by atoms with Crippen molar-refractivity contribution in [2.45, 2.75) is 0 Å². The van der Waals surface area contributed by atoms with Crippen molar-refractivity contribution in [3.05, 3.63) is 47.7 Å². The Morgan fingerprint density at radius 1 is 1.00 bits per heavy atom. The molecule has 0 N–H and O–H groups in total. The van der Waals surface area contributed by atoms with E-state index >= 15 is 0 Å². The van der Waals surface area contributed by atoms with E-state index < -0.39 is 0 Å². The quantitative estimate of drug-likeness (QED) is 0.717. The SMILES string of the molecule is COc1cncc(-c2ccc3cccc(Cl)c3n2)n1. The molecule has 0 spiro atoms. The zero-order valence-corrected chi connectivity index (χ0v) is 10.9. The standard InChI is InChI=1S/C14H10ClN3O/c1-19-13-8-16-7-12(17-13)11-6-5-9-3-2-4-10(15)14(9)18-11/h2-8H,1H3. The van der Waals surface area contributed by atoms with Crippen molar-refractivity contribution in [2.24, 2.45) is 0 Å². The van der Waals surface area contributed by atoms with E-state index in [-0.39, 0.29) is 0 Å². The predicted molar refractivity (Wildman–Crippen MR) is 74.3 cm³/mol. The third kappa shape index (κ3) is 2.22. The Hall–Kier alpha value is -2.20. The zero-order valence-electron chi connectivity index (χ0n) is 10.2. The second-order valence-corrected chi connectivity index (χ2v) is 4.36. The highest BCUT2D eigenvalue weighted by atomic mass is 35.5. The van der Waals surface area contributed by atoms with Gasteiger partial charge in [0.2, 0.25) is 5.88 Å². The molecule has 1 aromatic carbocycles. The Morgan fingerprint density at radius 2 is 1.89 bits per heavy atom. The number of hydrogen-bond donors (Lipinski definition) is 0. The van der Waals surface area contributed by atoms with Gasteiger partial charge in [-0.05, 0) is 12.1 Å². The molecule has 2 heterocycles. The number of ether oxygens (including phenoxy) is 1. The van der Waals surface area contributed by atoms with Crippen molar-refractivity contribution in [2.75, 3.05) is 7.11 Å².